The zero-order valence-electron chi connectivity index (χ0n) is 15.6. The van der Waals surface area contributed by atoms with Gasteiger partial charge >= 0.3 is 0 Å². The maximum atomic E-state index is 13.3. The minimum Gasteiger partial charge on any atom is -0.378 e. The maximum absolute atomic E-state index is 13.3. The molecule has 2 saturated carbocycles. The molecule has 4 unspecified atom stereocenters. The van der Waals surface area contributed by atoms with Crippen LogP contribution < -0.4 is 5.32 Å². The predicted molar refractivity (Wildman–Crippen MR) is 97.9 cm³/mol. The Balaban J connectivity index is 1.66. The smallest absolute Gasteiger partial charge is 0.184 e. The van der Waals surface area contributed by atoms with Gasteiger partial charge in [-0.15, -0.1) is 0 Å². The fourth-order valence-corrected chi connectivity index (χ4v) is 5.52. The van der Waals surface area contributed by atoms with E-state index in [0.29, 0.717) is 17.7 Å². The molecule has 0 spiro atoms. The van der Waals surface area contributed by atoms with Crippen LogP contribution in [0.5, 0.6) is 0 Å². The van der Waals surface area contributed by atoms with Crippen molar-refractivity contribution in [3.8, 4) is 0 Å². The maximum Gasteiger partial charge on any atom is 0.184 e. The van der Waals surface area contributed by atoms with Crippen LogP contribution >= 0.6 is 0 Å². The molecule has 0 radical (unpaired) electrons. The molecule has 0 amide bonds. The van der Waals surface area contributed by atoms with Crippen molar-refractivity contribution in [3.05, 3.63) is 11.4 Å². The van der Waals surface area contributed by atoms with Crippen LogP contribution in [-0.4, -0.2) is 35.6 Å². The van der Waals surface area contributed by atoms with Gasteiger partial charge in [0, 0.05) is 31.0 Å². The van der Waals surface area contributed by atoms with Crippen LogP contribution in [0.4, 0.5) is 0 Å². The van der Waals surface area contributed by atoms with Crippen LogP contribution in [-0.2, 0) is 9.59 Å². The molecule has 4 heteroatoms. The molecule has 25 heavy (non-hydrogen) atoms. The molecule has 4 nitrogen and oxygen atoms in total. The molecule has 138 valence electrons. The van der Waals surface area contributed by atoms with Crippen LogP contribution in [0, 0.1) is 17.8 Å². The van der Waals surface area contributed by atoms with Gasteiger partial charge in [0.15, 0.2) is 11.6 Å². The lowest BCUT2D eigenvalue weighted by Gasteiger charge is -2.40. The highest BCUT2D eigenvalue weighted by Gasteiger charge is 2.46. The standard InChI is InChI=1S/C21H32N2O2/c1-14-7-6-8-15(13-14)22-18-19(23-11-4-5-12-23)21(25)17-10-3-2-9-16(17)20(18)24/h14-17,22H,2-13H2,1H3. The summed E-state index contributed by atoms with van der Waals surface area (Å²) in [5.74, 6) is 1.10. The number of fused-ring (bicyclic) bond motifs is 1. The third-order valence-electron chi connectivity index (χ3n) is 6.86. The van der Waals surface area contributed by atoms with Gasteiger partial charge in [0.1, 0.15) is 11.4 Å². The Bertz CT molecular complexity index is 576. The quantitative estimate of drug-likeness (QED) is 0.852. The molecule has 4 atom stereocenters. The van der Waals surface area contributed by atoms with Gasteiger partial charge in [-0.2, -0.15) is 0 Å². The summed E-state index contributed by atoms with van der Waals surface area (Å²) in [5, 5.41) is 3.60. The van der Waals surface area contributed by atoms with E-state index < -0.39 is 0 Å². The lowest BCUT2D eigenvalue weighted by atomic mass is 9.69. The fraction of sp³-hybridized carbons (Fsp3) is 0.810. The van der Waals surface area contributed by atoms with Crippen molar-refractivity contribution in [2.75, 3.05) is 13.1 Å². The highest BCUT2D eigenvalue weighted by atomic mass is 16.1. The highest BCUT2D eigenvalue weighted by Crippen LogP contribution is 2.40. The first kappa shape index (κ1) is 17.1. The van der Waals surface area contributed by atoms with Crippen molar-refractivity contribution in [1.29, 1.82) is 0 Å². The van der Waals surface area contributed by atoms with E-state index in [1.807, 2.05) is 0 Å². The Kier molecular flexibility index (Phi) is 4.88. The summed E-state index contributed by atoms with van der Waals surface area (Å²) in [6.45, 7) is 4.16. The Labute approximate surface area is 151 Å². The van der Waals surface area contributed by atoms with Crippen molar-refractivity contribution >= 4 is 11.6 Å². The second-order valence-corrected chi connectivity index (χ2v) is 8.76. The number of Topliss-reactive ketones (excluding diaryl/α,β-unsaturated/α-hetero) is 2. The second kappa shape index (κ2) is 7.13. The third kappa shape index (κ3) is 3.24. The monoisotopic (exact) mass is 344 g/mol. The number of hydrogen-bond donors (Lipinski definition) is 1. The molecule has 0 aromatic rings. The van der Waals surface area contributed by atoms with Gasteiger partial charge in [-0.05, 0) is 44.4 Å². The molecular formula is C21H32N2O2. The van der Waals surface area contributed by atoms with Crippen LogP contribution in [0.3, 0.4) is 0 Å². The van der Waals surface area contributed by atoms with Gasteiger partial charge in [0.2, 0.25) is 0 Å². The van der Waals surface area contributed by atoms with Gasteiger partial charge in [0.25, 0.3) is 0 Å². The third-order valence-corrected chi connectivity index (χ3v) is 6.86. The van der Waals surface area contributed by atoms with Crippen LogP contribution in [0.15, 0.2) is 11.4 Å². The minimum atomic E-state index is -0.0592. The topological polar surface area (TPSA) is 49.4 Å². The number of nitrogens with zero attached hydrogens (tertiary/aromatic N) is 1. The first-order valence-corrected chi connectivity index (χ1v) is 10.5. The summed E-state index contributed by atoms with van der Waals surface area (Å²) in [7, 11) is 0. The largest absolute Gasteiger partial charge is 0.378 e. The normalized spacial score (nSPS) is 36.6. The molecule has 1 N–H and O–H groups in total. The first-order valence-electron chi connectivity index (χ1n) is 10.5. The zero-order chi connectivity index (χ0) is 17.4. The molecule has 1 heterocycles. The number of carbonyl (C=O) groups excluding carboxylic acids is 2. The fourth-order valence-electron chi connectivity index (χ4n) is 5.52. The van der Waals surface area contributed by atoms with Gasteiger partial charge in [-0.1, -0.05) is 32.6 Å². The van der Waals surface area contributed by atoms with Crippen LogP contribution in [0.2, 0.25) is 0 Å². The summed E-state index contributed by atoms with van der Waals surface area (Å²) < 4.78 is 0. The molecule has 1 saturated heterocycles. The van der Waals surface area contributed by atoms with E-state index in [1.54, 1.807) is 0 Å². The Morgan fingerprint density at radius 1 is 0.840 bits per heavy atom. The molecule has 3 fully saturated rings. The number of allylic oxidation sites excluding steroid dienone is 2. The zero-order valence-corrected chi connectivity index (χ0v) is 15.6. The molecule has 4 aliphatic rings. The average Bonchev–Trinajstić information content (AvgIpc) is 3.14. The highest BCUT2D eigenvalue weighted by molar-refractivity contribution is 6.13. The van der Waals surface area contributed by atoms with Crippen molar-refractivity contribution in [1.82, 2.24) is 10.2 Å². The first-order chi connectivity index (χ1) is 12.1. The van der Waals surface area contributed by atoms with Gasteiger partial charge in [0.05, 0.1) is 0 Å². The number of hydrogen-bond acceptors (Lipinski definition) is 4. The number of likely N-dealkylation sites (tertiary alicyclic amines) is 1. The van der Waals surface area contributed by atoms with E-state index in [2.05, 4.69) is 17.1 Å². The van der Waals surface area contributed by atoms with Crippen molar-refractivity contribution < 1.29 is 9.59 Å². The van der Waals surface area contributed by atoms with Crippen molar-refractivity contribution in [2.45, 2.75) is 77.2 Å². The number of rotatable bonds is 3. The SMILES string of the molecule is CC1CCCC(NC2=C(N3CCCC3)C(=O)C3CCCCC3C2=O)C1. The molecule has 0 bridgehead atoms. The number of nitrogens with one attached hydrogen (secondary N) is 1. The predicted octanol–water partition coefficient (Wildman–Crippen LogP) is 3.42. The number of carbonyl (C=O) groups is 2. The Hall–Kier alpha value is -1.32. The summed E-state index contributed by atoms with van der Waals surface area (Å²) in [4.78, 5) is 28.9. The molecule has 1 aliphatic heterocycles. The van der Waals surface area contributed by atoms with E-state index >= 15 is 0 Å². The summed E-state index contributed by atoms with van der Waals surface area (Å²) in [5.41, 5.74) is 1.44. The van der Waals surface area contributed by atoms with Gasteiger partial charge < -0.3 is 10.2 Å². The lowest BCUT2D eigenvalue weighted by molar-refractivity contribution is -0.133. The van der Waals surface area contributed by atoms with Crippen molar-refractivity contribution in [3.63, 3.8) is 0 Å². The lowest BCUT2D eigenvalue weighted by Crippen LogP contribution is -2.49. The van der Waals surface area contributed by atoms with Gasteiger partial charge in [-0.3, -0.25) is 9.59 Å². The molecule has 4 rings (SSSR count). The Morgan fingerprint density at radius 2 is 1.52 bits per heavy atom. The molecular weight excluding hydrogens is 312 g/mol. The summed E-state index contributed by atoms with van der Waals surface area (Å²) in [6, 6.07) is 0.355. The van der Waals surface area contributed by atoms with E-state index in [0.717, 1.165) is 70.2 Å². The molecule has 3 aliphatic carbocycles. The second-order valence-electron chi connectivity index (χ2n) is 8.76. The minimum absolute atomic E-state index is 0.0484. The summed E-state index contributed by atoms with van der Waals surface area (Å²) in [6.07, 6.45) is 11.0. The molecule has 0 aromatic carbocycles. The average molecular weight is 344 g/mol. The van der Waals surface area contributed by atoms with Crippen LogP contribution in [0.25, 0.3) is 0 Å². The van der Waals surface area contributed by atoms with E-state index in [1.165, 1.54) is 12.8 Å². The number of ketones is 2. The Morgan fingerprint density at radius 3 is 2.20 bits per heavy atom. The van der Waals surface area contributed by atoms with E-state index in [4.69, 9.17) is 0 Å². The van der Waals surface area contributed by atoms with Crippen molar-refractivity contribution in [2.24, 2.45) is 17.8 Å². The molecule has 0 aromatic heterocycles. The van der Waals surface area contributed by atoms with E-state index in [-0.39, 0.29) is 23.4 Å². The van der Waals surface area contributed by atoms with E-state index in [9.17, 15) is 9.59 Å². The summed E-state index contributed by atoms with van der Waals surface area (Å²) >= 11 is 0. The van der Waals surface area contributed by atoms with Crippen LogP contribution in [0.1, 0.15) is 71.1 Å². The van der Waals surface area contributed by atoms with Gasteiger partial charge in [-0.25, -0.2) is 0 Å².